The number of hydrogen-bond donors (Lipinski definition) is 1. The molecule has 0 spiro atoms. The molecule has 0 atom stereocenters. The molecule has 3 amide bonds. The van der Waals surface area contributed by atoms with Crippen molar-refractivity contribution in [3.05, 3.63) is 0 Å². The summed E-state index contributed by atoms with van der Waals surface area (Å²) in [7, 11) is 4.95. The smallest absolute Gasteiger partial charge is 0.317 e. The molecule has 0 aromatic heterocycles. The Morgan fingerprint density at radius 2 is 1.94 bits per heavy atom. The van der Waals surface area contributed by atoms with Crippen molar-refractivity contribution < 1.29 is 14.3 Å². The number of nitrogens with zero attached hydrogens (tertiary/aromatic N) is 2. The van der Waals surface area contributed by atoms with Crippen molar-refractivity contribution in [1.29, 1.82) is 0 Å². The van der Waals surface area contributed by atoms with Crippen LogP contribution in [0.15, 0.2) is 0 Å². The summed E-state index contributed by atoms with van der Waals surface area (Å²) in [4.78, 5) is 26.3. The predicted octanol–water partition coefficient (Wildman–Crippen LogP) is -0.105. The monoisotopic (exact) mass is 243 g/mol. The second kappa shape index (κ2) is 6.44. The number of likely N-dealkylation sites (tertiary alicyclic amines) is 1. The molecule has 1 aliphatic rings. The van der Waals surface area contributed by atoms with Crippen LogP contribution in [0.25, 0.3) is 0 Å². The number of hydrogen-bond acceptors (Lipinski definition) is 3. The summed E-state index contributed by atoms with van der Waals surface area (Å²) in [5.41, 5.74) is 0. The van der Waals surface area contributed by atoms with Crippen molar-refractivity contribution in [2.75, 3.05) is 40.9 Å². The molecule has 0 aromatic rings. The van der Waals surface area contributed by atoms with E-state index in [4.69, 9.17) is 4.74 Å². The van der Waals surface area contributed by atoms with Gasteiger partial charge >= 0.3 is 6.03 Å². The third-order valence-corrected chi connectivity index (χ3v) is 2.85. The molecule has 1 N–H and O–H groups in total. The molecule has 0 unspecified atom stereocenters. The molecule has 1 saturated heterocycles. The Morgan fingerprint density at radius 1 is 1.35 bits per heavy atom. The highest BCUT2D eigenvalue weighted by Gasteiger charge is 2.23. The Kier molecular flexibility index (Phi) is 5.21. The van der Waals surface area contributed by atoms with Crippen molar-refractivity contribution in [3.63, 3.8) is 0 Å². The molecule has 17 heavy (non-hydrogen) atoms. The van der Waals surface area contributed by atoms with Crippen LogP contribution in [0, 0.1) is 0 Å². The van der Waals surface area contributed by atoms with E-state index in [0.29, 0.717) is 13.1 Å². The van der Waals surface area contributed by atoms with Gasteiger partial charge in [0.15, 0.2) is 0 Å². The van der Waals surface area contributed by atoms with Crippen molar-refractivity contribution in [2.45, 2.75) is 18.9 Å². The van der Waals surface area contributed by atoms with Crippen LogP contribution in [0.3, 0.4) is 0 Å². The summed E-state index contributed by atoms with van der Waals surface area (Å²) in [6.07, 6.45) is 1.60. The number of amides is 3. The molecule has 6 nitrogen and oxygen atoms in total. The number of carbonyl (C=O) groups is 2. The minimum absolute atomic E-state index is 0.0184. The van der Waals surface area contributed by atoms with Gasteiger partial charge in [0.2, 0.25) is 5.91 Å². The second-order valence-corrected chi connectivity index (χ2v) is 4.43. The maximum Gasteiger partial charge on any atom is 0.317 e. The number of urea groups is 1. The molecule has 1 aliphatic heterocycles. The van der Waals surface area contributed by atoms with E-state index in [9.17, 15) is 9.59 Å². The first-order valence-corrected chi connectivity index (χ1v) is 5.79. The number of ether oxygens (including phenoxy) is 1. The lowest BCUT2D eigenvalue weighted by atomic mass is 10.1. The molecule has 1 fully saturated rings. The highest BCUT2D eigenvalue weighted by molar-refractivity contribution is 5.77. The molecule has 0 radical (unpaired) electrons. The van der Waals surface area contributed by atoms with Crippen molar-refractivity contribution in [1.82, 2.24) is 15.1 Å². The van der Waals surface area contributed by atoms with E-state index in [1.54, 1.807) is 19.0 Å². The quantitative estimate of drug-likeness (QED) is 0.752. The van der Waals surface area contributed by atoms with Crippen LogP contribution in [-0.4, -0.2) is 68.7 Å². The van der Waals surface area contributed by atoms with Crippen molar-refractivity contribution >= 4 is 11.9 Å². The first kappa shape index (κ1) is 13.8. The van der Waals surface area contributed by atoms with Crippen LogP contribution in [-0.2, 0) is 9.53 Å². The second-order valence-electron chi connectivity index (χ2n) is 4.43. The molecule has 0 saturated carbocycles. The van der Waals surface area contributed by atoms with Crippen LogP contribution >= 0.6 is 0 Å². The number of methoxy groups -OCH3 is 1. The summed E-state index contributed by atoms with van der Waals surface area (Å²) in [6, 6.07) is 0.0863. The summed E-state index contributed by atoms with van der Waals surface area (Å²) in [6.45, 7) is 1.50. The third-order valence-electron chi connectivity index (χ3n) is 2.85. The van der Waals surface area contributed by atoms with Crippen LogP contribution < -0.4 is 5.32 Å². The summed E-state index contributed by atoms with van der Waals surface area (Å²) in [5.74, 6) is 0.0184. The van der Waals surface area contributed by atoms with Gasteiger partial charge in [0.25, 0.3) is 0 Å². The summed E-state index contributed by atoms with van der Waals surface area (Å²) < 4.78 is 4.81. The largest absolute Gasteiger partial charge is 0.375 e. The lowest BCUT2D eigenvalue weighted by Crippen LogP contribution is -2.49. The Morgan fingerprint density at radius 3 is 2.41 bits per heavy atom. The van der Waals surface area contributed by atoms with Gasteiger partial charge in [0, 0.05) is 40.3 Å². The van der Waals surface area contributed by atoms with Gasteiger partial charge < -0.3 is 19.9 Å². The Bertz CT molecular complexity index is 273. The SMILES string of the molecule is COCC(=O)N1CCC(NC(=O)N(C)C)CC1. The molecule has 0 bridgehead atoms. The Labute approximate surface area is 102 Å². The molecule has 1 heterocycles. The average molecular weight is 243 g/mol. The standard InChI is InChI=1S/C11H21N3O3/c1-13(2)11(16)12-9-4-6-14(7-5-9)10(15)8-17-3/h9H,4-8H2,1-3H3,(H,12,16). The topological polar surface area (TPSA) is 61.9 Å². The molecular formula is C11H21N3O3. The van der Waals surface area contributed by atoms with Crippen LogP contribution in [0.1, 0.15) is 12.8 Å². The average Bonchev–Trinajstić information content (AvgIpc) is 2.30. The zero-order valence-electron chi connectivity index (χ0n) is 10.7. The van der Waals surface area contributed by atoms with E-state index >= 15 is 0 Å². The zero-order valence-corrected chi connectivity index (χ0v) is 10.7. The van der Waals surface area contributed by atoms with Crippen molar-refractivity contribution in [2.24, 2.45) is 0 Å². The third kappa shape index (κ3) is 4.22. The lowest BCUT2D eigenvalue weighted by Gasteiger charge is -2.32. The number of carbonyl (C=O) groups excluding carboxylic acids is 2. The Hall–Kier alpha value is -1.30. The van der Waals surface area contributed by atoms with Crippen LogP contribution in [0.4, 0.5) is 4.79 Å². The minimum Gasteiger partial charge on any atom is -0.375 e. The first-order chi connectivity index (χ1) is 8.04. The van der Waals surface area contributed by atoms with Crippen molar-refractivity contribution in [3.8, 4) is 0 Å². The molecule has 98 valence electrons. The molecule has 6 heteroatoms. The van der Waals surface area contributed by atoms with E-state index in [1.807, 2.05) is 0 Å². The summed E-state index contributed by atoms with van der Waals surface area (Å²) >= 11 is 0. The van der Waals surface area contributed by atoms with E-state index in [1.165, 1.54) is 12.0 Å². The fraction of sp³-hybridized carbons (Fsp3) is 0.818. The van der Waals surface area contributed by atoms with Gasteiger partial charge in [-0.05, 0) is 12.8 Å². The van der Waals surface area contributed by atoms with E-state index < -0.39 is 0 Å². The maximum atomic E-state index is 11.5. The Balaban J connectivity index is 2.31. The fourth-order valence-electron chi connectivity index (χ4n) is 1.79. The number of nitrogens with one attached hydrogen (secondary N) is 1. The normalized spacial score (nSPS) is 16.8. The molecule has 0 aliphatic carbocycles. The van der Waals surface area contributed by atoms with Gasteiger partial charge in [-0.3, -0.25) is 4.79 Å². The highest BCUT2D eigenvalue weighted by Crippen LogP contribution is 2.10. The van der Waals surface area contributed by atoms with E-state index in [-0.39, 0.29) is 24.6 Å². The van der Waals surface area contributed by atoms with Gasteiger partial charge in [-0.25, -0.2) is 4.79 Å². The number of piperidine rings is 1. The number of rotatable bonds is 3. The molecular weight excluding hydrogens is 222 g/mol. The van der Waals surface area contributed by atoms with Crippen LogP contribution in [0.2, 0.25) is 0 Å². The fourth-order valence-corrected chi connectivity index (χ4v) is 1.79. The molecule has 0 aromatic carbocycles. The van der Waals surface area contributed by atoms with Crippen LogP contribution in [0.5, 0.6) is 0 Å². The first-order valence-electron chi connectivity index (χ1n) is 5.79. The minimum atomic E-state index is -0.0772. The van der Waals surface area contributed by atoms with Gasteiger partial charge in [0.1, 0.15) is 6.61 Å². The predicted molar refractivity (Wildman–Crippen MR) is 63.7 cm³/mol. The van der Waals surface area contributed by atoms with Gasteiger partial charge in [-0.15, -0.1) is 0 Å². The van der Waals surface area contributed by atoms with Gasteiger partial charge in [-0.2, -0.15) is 0 Å². The van der Waals surface area contributed by atoms with Gasteiger partial charge in [-0.1, -0.05) is 0 Å². The summed E-state index contributed by atoms with van der Waals surface area (Å²) in [5, 5.41) is 2.93. The maximum absolute atomic E-state index is 11.5. The zero-order chi connectivity index (χ0) is 12.8. The highest BCUT2D eigenvalue weighted by atomic mass is 16.5. The van der Waals surface area contributed by atoms with E-state index in [2.05, 4.69) is 5.32 Å². The van der Waals surface area contributed by atoms with Gasteiger partial charge in [0.05, 0.1) is 0 Å². The van der Waals surface area contributed by atoms with E-state index in [0.717, 1.165) is 12.8 Å². The molecule has 1 rings (SSSR count). The lowest BCUT2D eigenvalue weighted by molar-refractivity contribution is -0.136.